The Morgan fingerprint density at radius 3 is 2.29 bits per heavy atom. The highest BCUT2D eigenvalue weighted by molar-refractivity contribution is 14.1. The minimum Gasteiger partial charge on any atom is -0.373 e. The molecule has 0 bridgehead atoms. The fraction of sp³-hybridized carbons (Fsp3) is 0.619. The molecule has 2 nitrogen and oxygen atoms in total. The normalized spacial score (nSPS) is 17.0. The van der Waals surface area contributed by atoms with Gasteiger partial charge < -0.3 is 5.11 Å². The van der Waals surface area contributed by atoms with Crippen molar-refractivity contribution < 1.29 is 5.11 Å². The molecule has 0 spiro atoms. The van der Waals surface area contributed by atoms with Crippen LogP contribution in [0.4, 0.5) is 0 Å². The maximum absolute atomic E-state index is 11.3. The van der Waals surface area contributed by atoms with Crippen LogP contribution in [0.3, 0.4) is 0 Å². The van der Waals surface area contributed by atoms with Gasteiger partial charge in [-0.15, -0.1) is 0 Å². The molecule has 1 atom stereocenters. The van der Waals surface area contributed by atoms with Gasteiger partial charge in [-0.05, 0) is 43.7 Å². The van der Waals surface area contributed by atoms with Crippen molar-refractivity contribution in [1.29, 1.82) is 0 Å². The van der Waals surface area contributed by atoms with Crippen LogP contribution in [0, 0.1) is 17.8 Å². The lowest BCUT2D eigenvalue weighted by atomic mass is 9.80. The Morgan fingerprint density at radius 2 is 1.79 bits per heavy atom. The van der Waals surface area contributed by atoms with Gasteiger partial charge in [-0.25, -0.2) is 0 Å². The Bertz CT molecular complexity index is 514. The van der Waals surface area contributed by atoms with Gasteiger partial charge in [0.05, 0.1) is 6.54 Å². The number of rotatable bonds is 5. The zero-order valence-corrected chi connectivity index (χ0v) is 17.7. The predicted molar refractivity (Wildman–Crippen MR) is 112 cm³/mol. The third kappa shape index (κ3) is 5.75. The Balaban J connectivity index is 0.00000139. The van der Waals surface area contributed by atoms with E-state index in [-0.39, 0.29) is 5.92 Å². The summed E-state index contributed by atoms with van der Waals surface area (Å²) in [7, 11) is 0. The van der Waals surface area contributed by atoms with Gasteiger partial charge in [0.15, 0.2) is 5.60 Å². The van der Waals surface area contributed by atoms with E-state index < -0.39 is 5.60 Å². The second-order valence-electron chi connectivity index (χ2n) is 6.57. The molecular formula is C21H32INO. The van der Waals surface area contributed by atoms with Crippen LogP contribution in [0.1, 0.15) is 52.0 Å². The summed E-state index contributed by atoms with van der Waals surface area (Å²) in [6, 6.07) is 10.5. The first kappa shape index (κ1) is 21.5. The summed E-state index contributed by atoms with van der Waals surface area (Å²) in [5.74, 6) is 6.76. The van der Waals surface area contributed by atoms with Crippen molar-refractivity contribution >= 4 is 22.6 Å². The molecule has 1 aliphatic rings. The zero-order chi connectivity index (χ0) is 18.0. The molecular weight excluding hydrogens is 409 g/mol. The number of hydrogen-bond donors (Lipinski definition) is 1. The summed E-state index contributed by atoms with van der Waals surface area (Å²) in [4.78, 5) is 4.28. The van der Waals surface area contributed by atoms with Crippen molar-refractivity contribution in [2.45, 2.75) is 58.1 Å². The van der Waals surface area contributed by atoms with Crippen LogP contribution >= 0.6 is 22.6 Å². The molecule has 134 valence electrons. The van der Waals surface area contributed by atoms with Crippen LogP contribution < -0.4 is 0 Å². The van der Waals surface area contributed by atoms with Crippen molar-refractivity contribution in [1.82, 2.24) is 4.90 Å². The molecule has 0 radical (unpaired) electrons. The highest BCUT2D eigenvalue weighted by Gasteiger charge is 2.38. The number of aliphatic hydroxyl groups is 1. The van der Waals surface area contributed by atoms with E-state index in [0.717, 1.165) is 31.5 Å². The van der Waals surface area contributed by atoms with E-state index in [1.54, 1.807) is 0 Å². The second-order valence-corrected chi connectivity index (χ2v) is 6.57. The fourth-order valence-electron chi connectivity index (χ4n) is 3.38. The van der Waals surface area contributed by atoms with Gasteiger partial charge in [0.1, 0.15) is 0 Å². The van der Waals surface area contributed by atoms with Crippen molar-refractivity contribution in [3.8, 4) is 11.8 Å². The molecule has 1 N–H and O–H groups in total. The van der Waals surface area contributed by atoms with Crippen LogP contribution in [0.15, 0.2) is 30.3 Å². The molecule has 1 aliphatic carbocycles. The minimum absolute atomic E-state index is 0.261. The number of halogens is 1. The zero-order valence-electron chi connectivity index (χ0n) is 15.6. The lowest BCUT2D eigenvalue weighted by molar-refractivity contribution is 0.0367. The van der Waals surface area contributed by atoms with Crippen LogP contribution in [0.25, 0.3) is 0 Å². The van der Waals surface area contributed by atoms with E-state index >= 15 is 0 Å². The molecule has 1 aromatic rings. The van der Waals surface area contributed by atoms with Crippen molar-refractivity contribution in [2.75, 3.05) is 18.0 Å². The first-order valence-corrected chi connectivity index (χ1v) is 11.1. The average molecular weight is 441 g/mol. The molecule has 1 saturated carbocycles. The summed E-state index contributed by atoms with van der Waals surface area (Å²) in [6.07, 6.45) is 4.55. The monoisotopic (exact) mass is 441 g/mol. The number of hydrogen-bond acceptors (Lipinski definition) is 2. The summed E-state index contributed by atoms with van der Waals surface area (Å²) in [6.45, 7) is 8.23. The lowest BCUT2D eigenvalue weighted by Gasteiger charge is -2.30. The smallest absolute Gasteiger partial charge is 0.153 e. The number of alkyl halides is 1. The van der Waals surface area contributed by atoms with E-state index in [1.165, 1.54) is 12.8 Å². The Kier molecular flexibility index (Phi) is 9.95. The second kappa shape index (κ2) is 11.1. The predicted octanol–water partition coefficient (Wildman–Crippen LogP) is 4.85. The van der Waals surface area contributed by atoms with Crippen molar-refractivity contribution in [2.24, 2.45) is 5.92 Å². The number of nitrogens with zero attached hydrogens (tertiary/aromatic N) is 1. The molecule has 1 unspecified atom stereocenters. The minimum atomic E-state index is -0.992. The maximum atomic E-state index is 11.3. The topological polar surface area (TPSA) is 23.5 Å². The standard InChI is InChI=1S/C20H29NO.CH3I/c1-4-21(17(2)3)16-10-15-20(22,19-13-8-9-14-19)18-11-6-5-7-12-18;1-2/h5-7,11-12,17,19,22H,4,8-9,13-14,16H2,1-3H3;1H3. The molecule has 0 aromatic heterocycles. The fourth-order valence-corrected chi connectivity index (χ4v) is 3.38. The third-order valence-electron chi connectivity index (χ3n) is 4.86. The maximum Gasteiger partial charge on any atom is 0.153 e. The van der Waals surface area contributed by atoms with Crippen LogP contribution in [-0.2, 0) is 5.60 Å². The van der Waals surface area contributed by atoms with Crippen molar-refractivity contribution in [3.05, 3.63) is 35.9 Å². The van der Waals surface area contributed by atoms with E-state index in [4.69, 9.17) is 0 Å². The van der Waals surface area contributed by atoms with Gasteiger partial charge in [0, 0.05) is 12.0 Å². The number of benzene rings is 1. The molecule has 3 heteroatoms. The molecule has 0 heterocycles. The van der Waals surface area contributed by atoms with Gasteiger partial charge in [0.25, 0.3) is 0 Å². The molecule has 24 heavy (non-hydrogen) atoms. The van der Waals surface area contributed by atoms with Crippen LogP contribution in [0.5, 0.6) is 0 Å². The van der Waals surface area contributed by atoms with E-state index in [0.29, 0.717) is 6.04 Å². The van der Waals surface area contributed by atoms with Gasteiger partial charge in [-0.2, -0.15) is 0 Å². The summed E-state index contributed by atoms with van der Waals surface area (Å²) in [5, 5.41) is 11.3. The first-order valence-electron chi connectivity index (χ1n) is 8.97. The first-order chi connectivity index (χ1) is 11.6. The Morgan fingerprint density at radius 1 is 1.21 bits per heavy atom. The quantitative estimate of drug-likeness (QED) is 0.401. The third-order valence-corrected chi connectivity index (χ3v) is 4.86. The summed E-state index contributed by atoms with van der Waals surface area (Å²) < 4.78 is 0. The highest BCUT2D eigenvalue weighted by Crippen LogP contribution is 2.40. The average Bonchev–Trinajstić information content (AvgIpc) is 3.16. The van der Waals surface area contributed by atoms with Crippen LogP contribution in [-0.4, -0.2) is 34.1 Å². The lowest BCUT2D eigenvalue weighted by Crippen LogP contribution is -2.34. The SMILES string of the molecule is CCN(CC#CC(O)(c1ccccc1)C1CCCC1)C(C)C.CI. The highest BCUT2D eigenvalue weighted by atomic mass is 127. The van der Waals surface area contributed by atoms with E-state index in [2.05, 4.69) is 60.1 Å². The van der Waals surface area contributed by atoms with E-state index in [1.807, 2.05) is 35.3 Å². The van der Waals surface area contributed by atoms with E-state index in [9.17, 15) is 5.11 Å². The van der Waals surface area contributed by atoms with Gasteiger partial charge >= 0.3 is 0 Å². The molecule has 2 rings (SSSR count). The Hall–Kier alpha value is -0.570. The van der Waals surface area contributed by atoms with Gasteiger partial charge in [0.2, 0.25) is 0 Å². The molecule has 0 amide bonds. The molecule has 1 fully saturated rings. The molecule has 0 saturated heterocycles. The van der Waals surface area contributed by atoms with Crippen molar-refractivity contribution in [3.63, 3.8) is 0 Å². The van der Waals surface area contributed by atoms with Gasteiger partial charge in [-0.1, -0.05) is 84.5 Å². The van der Waals surface area contributed by atoms with Gasteiger partial charge in [-0.3, -0.25) is 4.90 Å². The summed E-state index contributed by atoms with van der Waals surface area (Å²) >= 11 is 2.15. The summed E-state index contributed by atoms with van der Waals surface area (Å²) in [5.41, 5.74) is -0.0456. The van der Waals surface area contributed by atoms with Crippen LogP contribution in [0.2, 0.25) is 0 Å². The molecule has 1 aromatic carbocycles. The largest absolute Gasteiger partial charge is 0.373 e. The molecule has 0 aliphatic heterocycles. The Labute approximate surface area is 162 Å².